The van der Waals surface area contributed by atoms with E-state index in [0.29, 0.717) is 6.42 Å². The van der Waals surface area contributed by atoms with Gasteiger partial charge in [0, 0.05) is 25.6 Å². The Morgan fingerprint density at radius 1 is 1.13 bits per heavy atom. The molecule has 8 heteroatoms. The van der Waals surface area contributed by atoms with Crippen molar-refractivity contribution in [1.82, 2.24) is 0 Å². The molecular weight excluding hydrogens is 392 g/mol. The lowest BCUT2D eigenvalue weighted by atomic mass is 9.44. The van der Waals surface area contributed by atoms with Gasteiger partial charge in [0.15, 0.2) is 12.6 Å². The molecule has 0 unspecified atom stereocenters. The number of esters is 1. The number of hydrogen-bond acceptors (Lipinski definition) is 8. The Kier molecular flexibility index (Phi) is 5.32. The first-order valence-electron chi connectivity index (χ1n) is 11.0. The Morgan fingerprint density at radius 2 is 1.83 bits per heavy atom. The van der Waals surface area contributed by atoms with Crippen molar-refractivity contribution in [3.05, 3.63) is 0 Å². The van der Waals surface area contributed by atoms with Crippen molar-refractivity contribution in [2.24, 2.45) is 22.7 Å². The van der Waals surface area contributed by atoms with E-state index in [-0.39, 0.29) is 36.8 Å². The number of methoxy groups -OCH3 is 2. The molecule has 2 heterocycles. The van der Waals surface area contributed by atoms with Crippen LogP contribution in [0.3, 0.4) is 0 Å². The molecule has 4 aliphatic rings. The lowest BCUT2D eigenvalue weighted by molar-refractivity contribution is -0.238. The molecule has 172 valence electrons. The van der Waals surface area contributed by atoms with Crippen LogP contribution in [0.5, 0.6) is 0 Å². The van der Waals surface area contributed by atoms with E-state index in [0.717, 1.165) is 19.3 Å². The molecule has 0 aromatic heterocycles. The SMILES string of the molecule is CO[C@@H]1O[C@H](OC)[C@](O)(CC[C@]2(O)[C@H](C)C[C@H]3OC(=O)[C@]4(C)CCC[C@@]2(C)[C@H]34)[C@@H]1O. The number of ether oxygens (including phenoxy) is 4. The van der Waals surface area contributed by atoms with Gasteiger partial charge >= 0.3 is 5.97 Å². The van der Waals surface area contributed by atoms with Gasteiger partial charge < -0.3 is 34.3 Å². The molecule has 2 saturated heterocycles. The summed E-state index contributed by atoms with van der Waals surface area (Å²) in [6.07, 6.45) is -0.257. The van der Waals surface area contributed by atoms with E-state index in [1.54, 1.807) is 0 Å². The van der Waals surface area contributed by atoms with Gasteiger partial charge in [0.05, 0.1) is 11.0 Å². The van der Waals surface area contributed by atoms with Crippen molar-refractivity contribution in [3.63, 3.8) is 0 Å². The highest BCUT2D eigenvalue weighted by Crippen LogP contribution is 2.67. The standard InChI is InChI=1S/C22H36O8/c1-12-11-13-14-19(2,17(24)29-13)7-6-8-20(14,3)22(12,26)10-9-21(25)15(23)16(27-4)30-18(21)28-5/h12-16,18,23,25-26H,6-11H2,1-5H3/t12-,13-,14-,15-,16-,18+,19-,20+,21+,22+/m1/s1. The molecule has 2 aliphatic carbocycles. The zero-order valence-electron chi connectivity index (χ0n) is 18.6. The predicted molar refractivity (Wildman–Crippen MR) is 105 cm³/mol. The Bertz CT molecular complexity index is 697. The minimum atomic E-state index is -1.71. The van der Waals surface area contributed by atoms with Crippen LogP contribution in [0.2, 0.25) is 0 Å². The lowest BCUT2D eigenvalue weighted by Crippen LogP contribution is -2.65. The summed E-state index contributed by atoms with van der Waals surface area (Å²) in [4.78, 5) is 12.7. The van der Waals surface area contributed by atoms with Crippen LogP contribution >= 0.6 is 0 Å². The van der Waals surface area contributed by atoms with Crippen LogP contribution in [0, 0.1) is 22.7 Å². The van der Waals surface area contributed by atoms with Gasteiger partial charge in [0.25, 0.3) is 0 Å². The number of carbonyl (C=O) groups is 1. The Labute approximate surface area is 177 Å². The Morgan fingerprint density at radius 3 is 2.47 bits per heavy atom. The maximum absolute atomic E-state index is 12.7. The van der Waals surface area contributed by atoms with E-state index in [1.165, 1.54) is 14.2 Å². The van der Waals surface area contributed by atoms with Crippen molar-refractivity contribution in [2.45, 2.75) is 95.3 Å². The summed E-state index contributed by atoms with van der Waals surface area (Å²) in [7, 11) is 2.79. The van der Waals surface area contributed by atoms with Gasteiger partial charge in [-0.3, -0.25) is 4.79 Å². The summed E-state index contributed by atoms with van der Waals surface area (Å²) in [5, 5.41) is 34.0. The third-order valence-electron chi connectivity index (χ3n) is 9.04. The topological polar surface area (TPSA) is 115 Å². The molecule has 2 saturated carbocycles. The first-order valence-corrected chi connectivity index (χ1v) is 11.0. The smallest absolute Gasteiger partial charge is 0.312 e. The highest BCUT2D eigenvalue weighted by atomic mass is 16.8. The van der Waals surface area contributed by atoms with E-state index >= 15 is 0 Å². The average Bonchev–Trinajstić information content (AvgIpc) is 3.10. The Balaban J connectivity index is 1.64. The van der Waals surface area contributed by atoms with Gasteiger partial charge in [-0.15, -0.1) is 0 Å². The third-order valence-corrected chi connectivity index (χ3v) is 9.04. The highest BCUT2D eigenvalue weighted by molar-refractivity contribution is 5.80. The molecule has 8 nitrogen and oxygen atoms in total. The number of rotatable bonds is 5. The minimum Gasteiger partial charge on any atom is -0.462 e. The maximum Gasteiger partial charge on any atom is 0.312 e. The average molecular weight is 429 g/mol. The number of aliphatic hydroxyl groups excluding tert-OH is 1. The van der Waals surface area contributed by atoms with Crippen LogP contribution in [-0.4, -0.2) is 71.5 Å². The summed E-state index contributed by atoms with van der Waals surface area (Å²) in [5.41, 5.74) is -3.98. The van der Waals surface area contributed by atoms with Crippen LogP contribution in [-0.2, 0) is 23.7 Å². The van der Waals surface area contributed by atoms with Gasteiger partial charge in [0.2, 0.25) is 0 Å². The summed E-state index contributed by atoms with van der Waals surface area (Å²) < 4.78 is 21.7. The van der Waals surface area contributed by atoms with Gasteiger partial charge in [-0.25, -0.2) is 0 Å². The van der Waals surface area contributed by atoms with Gasteiger partial charge in [-0.1, -0.05) is 20.3 Å². The molecule has 4 rings (SSSR count). The van der Waals surface area contributed by atoms with E-state index in [4.69, 9.17) is 18.9 Å². The second-order valence-corrected chi connectivity index (χ2v) is 10.4. The monoisotopic (exact) mass is 428 g/mol. The minimum absolute atomic E-state index is 0.0724. The van der Waals surface area contributed by atoms with Crippen LogP contribution in [0.1, 0.15) is 59.3 Å². The quantitative estimate of drug-likeness (QED) is 0.562. The Hall–Kier alpha value is -0.770. The molecule has 10 atom stereocenters. The summed E-state index contributed by atoms with van der Waals surface area (Å²) in [6, 6.07) is 0. The molecule has 0 aromatic rings. The number of carbonyl (C=O) groups excluding carboxylic acids is 1. The first kappa shape index (κ1) is 22.4. The second-order valence-electron chi connectivity index (χ2n) is 10.4. The maximum atomic E-state index is 12.7. The zero-order valence-corrected chi connectivity index (χ0v) is 18.6. The molecule has 0 amide bonds. The normalized spacial score (nSPS) is 55.4. The fourth-order valence-electron chi connectivity index (χ4n) is 7.32. The van der Waals surface area contributed by atoms with Gasteiger partial charge in [-0.2, -0.15) is 0 Å². The van der Waals surface area contributed by atoms with E-state index in [1.807, 2.05) is 13.8 Å². The van der Waals surface area contributed by atoms with E-state index in [9.17, 15) is 20.1 Å². The molecule has 2 aliphatic heterocycles. The van der Waals surface area contributed by atoms with Crippen LogP contribution in [0.15, 0.2) is 0 Å². The second kappa shape index (κ2) is 7.12. The fraction of sp³-hybridized carbons (Fsp3) is 0.955. The number of hydrogen-bond donors (Lipinski definition) is 3. The summed E-state index contributed by atoms with van der Waals surface area (Å²) in [6.45, 7) is 6.02. The van der Waals surface area contributed by atoms with E-state index in [2.05, 4.69) is 6.92 Å². The largest absolute Gasteiger partial charge is 0.462 e. The van der Waals surface area contributed by atoms with E-state index < -0.39 is 40.7 Å². The zero-order chi connectivity index (χ0) is 22.1. The summed E-state index contributed by atoms with van der Waals surface area (Å²) in [5.74, 6) is -0.364. The molecule has 30 heavy (non-hydrogen) atoms. The first-order chi connectivity index (χ1) is 14.0. The third kappa shape index (κ3) is 2.70. The molecule has 3 N–H and O–H groups in total. The summed E-state index contributed by atoms with van der Waals surface area (Å²) >= 11 is 0. The number of aliphatic hydroxyl groups is 3. The predicted octanol–water partition coefficient (Wildman–Crippen LogP) is 1.34. The molecular formula is C22H36O8. The van der Waals surface area contributed by atoms with Crippen LogP contribution in [0.25, 0.3) is 0 Å². The molecule has 0 radical (unpaired) electrons. The van der Waals surface area contributed by atoms with Gasteiger partial charge in [0.1, 0.15) is 17.8 Å². The molecule has 0 aromatic carbocycles. The lowest BCUT2D eigenvalue weighted by Gasteiger charge is -2.61. The van der Waals surface area contributed by atoms with Crippen molar-refractivity contribution in [2.75, 3.05) is 14.2 Å². The van der Waals surface area contributed by atoms with Crippen molar-refractivity contribution in [1.29, 1.82) is 0 Å². The molecule has 4 fully saturated rings. The van der Waals surface area contributed by atoms with Crippen molar-refractivity contribution in [3.8, 4) is 0 Å². The highest BCUT2D eigenvalue weighted by Gasteiger charge is 2.71. The fourth-order valence-corrected chi connectivity index (χ4v) is 7.32. The molecule has 0 spiro atoms. The molecule has 0 bridgehead atoms. The van der Waals surface area contributed by atoms with Crippen molar-refractivity contribution < 1.29 is 39.1 Å². The van der Waals surface area contributed by atoms with Gasteiger partial charge in [-0.05, 0) is 44.9 Å². The van der Waals surface area contributed by atoms with Crippen LogP contribution < -0.4 is 0 Å². The van der Waals surface area contributed by atoms with Crippen molar-refractivity contribution >= 4 is 5.97 Å². The van der Waals surface area contributed by atoms with Crippen LogP contribution in [0.4, 0.5) is 0 Å².